The summed E-state index contributed by atoms with van der Waals surface area (Å²) in [5.41, 5.74) is 1.46. The van der Waals surface area contributed by atoms with E-state index in [1.165, 1.54) is 5.56 Å². The standard InChI is InChI=1S/C18H30N2O2/c1-18(2,3)16-5-4-6-17(15-16)22-14-12-20-9-7-19(8-10-20)11-13-21/h4-6,15,21H,7-14H2,1-3H3. The van der Waals surface area contributed by atoms with E-state index in [4.69, 9.17) is 9.84 Å². The molecule has 1 aromatic rings. The molecule has 1 aromatic carbocycles. The van der Waals surface area contributed by atoms with Crippen molar-refractivity contribution >= 4 is 0 Å². The molecular formula is C18H30N2O2. The second kappa shape index (κ2) is 7.95. The Morgan fingerprint density at radius 3 is 2.27 bits per heavy atom. The Kier molecular flexibility index (Phi) is 6.24. The van der Waals surface area contributed by atoms with Crippen molar-refractivity contribution in [1.29, 1.82) is 0 Å². The van der Waals surface area contributed by atoms with E-state index >= 15 is 0 Å². The second-order valence-electron chi connectivity index (χ2n) is 7.03. The first-order valence-corrected chi connectivity index (χ1v) is 8.28. The molecule has 0 atom stereocenters. The summed E-state index contributed by atoms with van der Waals surface area (Å²) >= 11 is 0. The molecule has 22 heavy (non-hydrogen) atoms. The third-order valence-electron chi connectivity index (χ3n) is 4.26. The molecule has 0 saturated carbocycles. The topological polar surface area (TPSA) is 35.9 Å². The summed E-state index contributed by atoms with van der Waals surface area (Å²) in [6, 6.07) is 8.42. The molecule has 1 N–H and O–H groups in total. The Morgan fingerprint density at radius 1 is 1.05 bits per heavy atom. The van der Waals surface area contributed by atoms with Crippen molar-refractivity contribution in [2.75, 3.05) is 52.5 Å². The highest BCUT2D eigenvalue weighted by Gasteiger charge is 2.16. The summed E-state index contributed by atoms with van der Waals surface area (Å²) in [5.74, 6) is 0.964. The van der Waals surface area contributed by atoms with E-state index in [9.17, 15) is 0 Å². The van der Waals surface area contributed by atoms with E-state index < -0.39 is 0 Å². The third kappa shape index (κ3) is 5.27. The van der Waals surface area contributed by atoms with Gasteiger partial charge in [-0.1, -0.05) is 32.9 Å². The fourth-order valence-electron chi connectivity index (χ4n) is 2.72. The van der Waals surface area contributed by atoms with Gasteiger partial charge in [0, 0.05) is 39.3 Å². The van der Waals surface area contributed by atoms with Crippen LogP contribution in [0.3, 0.4) is 0 Å². The first-order chi connectivity index (χ1) is 10.5. The lowest BCUT2D eigenvalue weighted by Gasteiger charge is -2.34. The molecular weight excluding hydrogens is 276 g/mol. The van der Waals surface area contributed by atoms with Gasteiger partial charge in [-0.3, -0.25) is 9.80 Å². The summed E-state index contributed by atoms with van der Waals surface area (Å²) in [6.07, 6.45) is 0. The predicted molar refractivity (Wildman–Crippen MR) is 90.6 cm³/mol. The number of aliphatic hydroxyl groups is 1. The number of piperazine rings is 1. The molecule has 1 aliphatic heterocycles. The number of β-amino-alcohol motifs (C(OH)–C–C–N with tert-alkyl or cyclic N) is 1. The van der Waals surface area contributed by atoms with Gasteiger partial charge in [0.2, 0.25) is 0 Å². The number of aliphatic hydroxyl groups excluding tert-OH is 1. The summed E-state index contributed by atoms with van der Waals surface area (Å²) in [5, 5.41) is 8.96. The molecule has 0 spiro atoms. The lowest BCUT2D eigenvalue weighted by molar-refractivity contribution is 0.102. The van der Waals surface area contributed by atoms with Crippen LogP contribution >= 0.6 is 0 Å². The summed E-state index contributed by atoms with van der Waals surface area (Å²) in [6.45, 7) is 13.6. The van der Waals surface area contributed by atoms with Crippen molar-refractivity contribution < 1.29 is 9.84 Å². The van der Waals surface area contributed by atoms with Gasteiger partial charge in [-0.25, -0.2) is 0 Å². The molecule has 4 heteroatoms. The minimum absolute atomic E-state index is 0.155. The molecule has 124 valence electrons. The molecule has 1 saturated heterocycles. The van der Waals surface area contributed by atoms with Gasteiger partial charge in [0.1, 0.15) is 12.4 Å². The smallest absolute Gasteiger partial charge is 0.119 e. The van der Waals surface area contributed by atoms with Crippen LogP contribution in [-0.2, 0) is 5.41 Å². The van der Waals surface area contributed by atoms with Crippen LogP contribution in [0.1, 0.15) is 26.3 Å². The normalized spacial score (nSPS) is 17.6. The minimum atomic E-state index is 0.155. The van der Waals surface area contributed by atoms with E-state index in [-0.39, 0.29) is 12.0 Å². The SMILES string of the molecule is CC(C)(C)c1cccc(OCCN2CCN(CCO)CC2)c1. The van der Waals surface area contributed by atoms with E-state index in [0.717, 1.165) is 51.6 Å². The Labute approximate surface area is 134 Å². The quantitative estimate of drug-likeness (QED) is 0.872. The molecule has 0 unspecified atom stereocenters. The highest BCUT2D eigenvalue weighted by atomic mass is 16.5. The monoisotopic (exact) mass is 306 g/mol. The highest BCUT2D eigenvalue weighted by molar-refractivity contribution is 5.32. The van der Waals surface area contributed by atoms with Gasteiger partial charge in [-0.15, -0.1) is 0 Å². The van der Waals surface area contributed by atoms with Gasteiger partial charge >= 0.3 is 0 Å². The molecule has 0 bridgehead atoms. The van der Waals surface area contributed by atoms with Crippen LogP contribution < -0.4 is 4.74 Å². The molecule has 1 heterocycles. The Balaban J connectivity index is 1.73. The molecule has 1 aliphatic rings. The Bertz CT molecular complexity index is 449. The summed E-state index contributed by atoms with van der Waals surface area (Å²) < 4.78 is 5.92. The fraction of sp³-hybridized carbons (Fsp3) is 0.667. The number of hydrogen-bond donors (Lipinski definition) is 1. The molecule has 0 radical (unpaired) electrons. The van der Waals surface area contributed by atoms with E-state index in [2.05, 4.69) is 48.8 Å². The van der Waals surface area contributed by atoms with Crippen molar-refractivity contribution in [3.63, 3.8) is 0 Å². The van der Waals surface area contributed by atoms with Gasteiger partial charge < -0.3 is 9.84 Å². The zero-order valence-corrected chi connectivity index (χ0v) is 14.2. The third-order valence-corrected chi connectivity index (χ3v) is 4.26. The van der Waals surface area contributed by atoms with Crippen LogP contribution in [0.2, 0.25) is 0 Å². The van der Waals surface area contributed by atoms with Gasteiger partial charge in [0.15, 0.2) is 0 Å². The van der Waals surface area contributed by atoms with E-state index in [1.54, 1.807) is 0 Å². The van der Waals surface area contributed by atoms with Gasteiger partial charge in [0.05, 0.1) is 6.61 Å². The Morgan fingerprint density at radius 2 is 1.68 bits per heavy atom. The van der Waals surface area contributed by atoms with E-state index in [0.29, 0.717) is 0 Å². The van der Waals surface area contributed by atoms with Crippen molar-refractivity contribution in [1.82, 2.24) is 9.80 Å². The van der Waals surface area contributed by atoms with Crippen LogP contribution in [0.4, 0.5) is 0 Å². The maximum Gasteiger partial charge on any atom is 0.119 e. The van der Waals surface area contributed by atoms with Crippen molar-refractivity contribution in [3.05, 3.63) is 29.8 Å². The zero-order chi connectivity index (χ0) is 16.0. The largest absolute Gasteiger partial charge is 0.492 e. The fourth-order valence-corrected chi connectivity index (χ4v) is 2.72. The first kappa shape index (κ1) is 17.3. The molecule has 0 aromatic heterocycles. The Hall–Kier alpha value is -1.10. The van der Waals surface area contributed by atoms with Crippen molar-refractivity contribution in [2.45, 2.75) is 26.2 Å². The van der Waals surface area contributed by atoms with Crippen molar-refractivity contribution in [2.24, 2.45) is 0 Å². The number of nitrogens with zero attached hydrogens (tertiary/aromatic N) is 2. The van der Waals surface area contributed by atoms with Crippen LogP contribution in [0.25, 0.3) is 0 Å². The van der Waals surface area contributed by atoms with Crippen LogP contribution in [0.15, 0.2) is 24.3 Å². The average molecular weight is 306 g/mol. The molecule has 4 nitrogen and oxygen atoms in total. The molecule has 0 amide bonds. The van der Waals surface area contributed by atoms with Crippen LogP contribution in [0.5, 0.6) is 5.75 Å². The lowest BCUT2D eigenvalue weighted by atomic mass is 9.87. The first-order valence-electron chi connectivity index (χ1n) is 8.28. The number of rotatable bonds is 6. The van der Waals surface area contributed by atoms with Gasteiger partial charge in [0.25, 0.3) is 0 Å². The maximum absolute atomic E-state index is 8.96. The van der Waals surface area contributed by atoms with Crippen molar-refractivity contribution in [3.8, 4) is 5.75 Å². The number of hydrogen-bond acceptors (Lipinski definition) is 4. The van der Waals surface area contributed by atoms with Crippen LogP contribution in [-0.4, -0.2) is 67.4 Å². The van der Waals surface area contributed by atoms with Gasteiger partial charge in [-0.05, 0) is 23.1 Å². The summed E-state index contributed by atoms with van der Waals surface area (Å²) in [4.78, 5) is 4.74. The molecule has 2 rings (SSSR count). The highest BCUT2D eigenvalue weighted by Crippen LogP contribution is 2.25. The predicted octanol–water partition coefficient (Wildman–Crippen LogP) is 1.97. The average Bonchev–Trinajstić information content (AvgIpc) is 2.49. The van der Waals surface area contributed by atoms with Crippen LogP contribution in [0, 0.1) is 0 Å². The number of benzene rings is 1. The maximum atomic E-state index is 8.96. The number of ether oxygens (including phenoxy) is 1. The van der Waals surface area contributed by atoms with E-state index in [1.807, 2.05) is 6.07 Å². The summed E-state index contributed by atoms with van der Waals surface area (Å²) in [7, 11) is 0. The minimum Gasteiger partial charge on any atom is -0.492 e. The lowest BCUT2D eigenvalue weighted by Crippen LogP contribution is -2.48. The second-order valence-corrected chi connectivity index (χ2v) is 7.03. The zero-order valence-electron chi connectivity index (χ0n) is 14.2. The molecule has 0 aliphatic carbocycles. The van der Waals surface area contributed by atoms with Gasteiger partial charge in [-0.2, -0.15) is 0 Å². The molecule has 1 fully saturated rings.